The van der Waals surface area contributed by atoms with Crippen molar-refractivity contribution in [2.75, 3.05) is 6.54 Å². The summed E-state index contributed by atoms with van der Waals surface area (Å²) in [4.78, 5) is 43.1. The van der Waals surface area contributed by atoms with Crippen molar-refractivity contribution in [3.05, 3.63) is 50.8 Å². The van der Waals surface area contributed by atoms with Crippen LogP contribution < -0.4 is 16.6 Å². The third kappa shape index (κ3) is 3.39. The fourth-order valence-corrected chi connectivity index (χ4v) is 2.59. The maximum absolute atomic E-state index is 12.1. The number of carbonyl (C=O) groups excluding carboxylic acids is 1. The minimum atomic E-state index is -0.439. The van der Waals surface area contributed by atoms with E-state index in [0.717, 1.165) is 10.3 Å². The molecule has 0 fully saturated rings. The maximum Gasteiger partial charge on any atom is 0.332 e. The number of hydrogen-bond acceptors (Lipinski definition) is 5. The highest BCUT2D eigenvalue weighted by Crippen LogP contribution is 2.06. The third-order valence-corrected chi connectivity index (χ3v) is 4.01. The minimum Gasteiger partial charge on any atom is -0.469 e. The third-order valence-electron chi connectivity index (χ3n) is 4.01. The number of fused-ring (bicyclic) bond motifs is 1. The summed E-state index contributed by atoms with van der Waals surface area (Å²) < 4.78 is 7.52. The Balaban J connectivity index is 1.62. The van der Waals surface area contributed by atoms with Crippen LogP contribution in [-0.2, 0) is 31.7 Å². The van der Waals surface area contributed by atoms with Gasteiger partial charge in [0, 0.05) is 39.9 Å². The van der Waals surface area contributed by atoms with Crippen molar-refractivity contribution in [3.63, 3.8) is 0 Å². The van der Waals surface area contributed by atoms with Crippen molar-refractivity contribution in [2.45, 2.75) is 19.3 Å². The van der Waals surface area contributed by atoms with Gasteiger partial charge in [0.2, 0.25) is 5.91 Å². The molecule has 2 N–H and O–H groups in total. The molecule has 9 heteroatoms. The van der Waals surface area contributed by atoms with E-state index in [0.29, 0.717) is 30.9 Å². The van der Waals surface area contributed by atoms with Crippen LogP contribution in [0.5, 0.6) is 0 Å². The lowest BCUT2D eigenvalue weighted by Crippen LogP contribution is -2.36. The van der Waals surface area contributed by atoms with E-state index in [-0.39, 0.29) is 17.8 Å². The van der Waals surface area contributed by atoms with Crippen LogP contribution in [-0.4, -0.2) is 31.6 Å². The van der Waals surface area contributed by atoms with Gasteiger partial charge in [0.1, 0.15) is 17.1 Å². The molecule has 0 spiro atoms. The van der Waals surface area contributed by atoms with Gasteiger partial charge >= 0.3 is 5.69 Å². The Morgan fingerprint density at radius 2 is 2.08 bits per heavy atom. The zero-order chi connectivity index (χ0) is 18.0. The summed E-state index contributed by atoms with van der Waals surface area (Å²) in [6.45, 7) is 0.488. The van der Waals surface area contributed by atoms with Crippen LogP contribution >= 0.6 is 0 Å². The number of nitrogens with one attached hydrogen (secondary N) is 2. The summed E-state index contributed by atoms with van der Waals surface area (Å²) in [6.07, 6.45) is 2.79. The summed E-state index contributed by atoms with van der Waals surface area (Å²) in [7, 11) is 2.97. The van der Waals surface area contributed by atoms with Gasteiger partial charge in [0.15, 0.2) is 5.65 Å². The average Bonchev–Trinajstić information content (AvgIpc) is 3.26. The molecule has 0 radical (unpaired) electrons. The van der Waals surface area contributed by atoms with Gasteiger partial charge < -0.3 is 14.7 Å². The van der Waals surface area contributed by atoms with Gasteiger partial charge in [-0.1, -0.05) is 0 Å². The van der Waals surface area contributed by atoms with Crippen molar-refractivity contribution >= 4 is 17.1 Å². The number of aromatic amines is 1. The molecule has 9 nitrogen and oxygen atoms in total. The second-order valence-corrected chi connectivity index (χ2v) is 5.77. The maximum atomic E-state index is 12.1. The van der Waals surface area contributed by atoms with Crippen molar-refractivity contribution in [1.29, 1.82) is 0 Å². The highest BCUT2D eigenvalue weighted by atomic mass is 16.3. The predicted molar refractivity (Wildman–Crippen MR) is 90.3 cm³/mol. The minimum absolute atomic E-state index is 0.117. The second-order valence-electron chi connectivity index (χ2n) is 5.77. The summed E-state index contributed by atoms with van der Waals surface area (Å²) in [6, 6.07) is 3.65. The van der Waals surface area contributed by atoms with E-state index in [1.807, 2.05) is 6.07 Å². The molecule has 0 bridgehead atoms. The average molecular weight is 345 g/mol. The molecule has 3 aromatic rings. The van der Waals surface area contributed by atoms with Crippen molar-refractivity contribution in [1.82, 2.24) is 24.4 Å². The zero-order valence-corrected chi connectivity index (χ0v) is 14.0. The van der Waals surface area contributed by atoms with E-state index in [9.17, 15) is 14.4 Å². The van der Waals surface area contributed by atoms with Gasteiger partial charge in [-0.25, -0.2) is 9.78 Å². The fraction of sp³-hybridized carbons (Fsp3) is 0.375. The van der Waals surface area contributed by atoms with E-state index < -0.39 is 11.2 Å². The number of aromatic nitrogens is 4. The molecular weight excluding hydrogens is 326 g/mol. The number of nitrogens with zero attached hydrogens (tertiary/aromatic N) is 3. The topological polar surface area (TPSA) is 115 Å². The summed E-state index contributed by atoms with van der Waals surface area (Å²) in [5.74, 6) is 1.19. The van der Waals surface area contributed by atoms with Crippen molar-refractivity contribution in [2.24, 2.45) is 14.1 Å². The molecular formula is C16H19N5O4. The molecule has 0 aliphatic rings. The number of H-pyrrole nitrogens is 1. The molecule has 0 aliphatic carbocycles. The molecule has 3 heterocycles. The van der Waals surface area contributed by atoms with Gasteiger partial charge in [0.05, 0.1) is 6.26 Å². The molecule has 0 saturated carbocycles. The highest BCUT2D eigenvalue weighted by Gasteiger charge is 2.14. The lowest BCUT2D eigenvalue weighted by atomic mass is 10.2. The quantitative estimate of drug-likeness (QED) is 0.644. The first-order chi connectivity index (χ1) is 12.0. The Bertz CT molecular complexity index is 1010. The normalized spacial score (nSPS) is 11.1. The lowest BCUT2D eigenvalue weighted by Gasteiger charge is -2.02. The number of imidazole rings is 1. The molecule has 1 amide bonds. The Morgan fingerprint density at radius 1 is 1.28 bits per heavy atom. The Labute approximate surface area is 142 Å². The van der Waals surface area contributed by atoms with E-state index in [4.69, 9.17) is 4.42 Å². The monoisotopic (exact) mass is 345 g/mol. The summed E-state index contributed by atoms with van der Waals surface area (Å²) in [5, 5.41) is 2.80. The van der Waals surface area contributed by atoms with E-state index >= 15 is 0 Å². The van der Waals surface area contributed by atoms with E-state index in [2.05, 4.69) is 15.3 Å². The molecule has 0 unspecified atom stereocenters. The fourth-order valence-electron chi connectivity index (χ4n) is 2.59. The van der Waals surface area contributed by atoms with Crippen LogP contribution in [0.15, 0.2) is 32.4 Å². The Morgan fingerprint density at radius 3 is 2.80 bits per heavy atom. The van der Waals surface area contributed by atoms with Gasteiger partial charge in [0.25, 0.3) is 5.56 Å². The Hall–Kier alpha value is -3.10. The number of carbonyl (C=O) groups is 1. The number of amides is 1. The van der Waals surface area contributed by atoms with Gasteiger partial charge in [-0.05, 0) is 12.1 Å². The van der Waals surface area contributed by atoms with Crippen molar-refractivity contribution < 1.29 is 9.21 Å². The zero-order valence-electron chi connectivity index (χ0n) is 14.0. The number of hydrogen-bond donors (Lipinski definition) is 2. The standard InChI is InChI=1S/C16H19N5O4/c1-20-14-13(15(23)21(2)16(20)24)18-11(19-14)5-6-12(22)17-8-7-10-4-3-9-25-10/h3-4,9H,5-8H2,1-2H3,(H,17,22)(H,18,19). The van der Waals surface area contributed by atoms with Crippen LogP contribution in [0.2, 0.25) is 0 Å². The van der Waals surface area contributed by atoms with Gasteiger partial charge in [-0.15, -0.1) is 0 Å². The summed E-state index contributed by atoms with van der Waals surface area (Å²) in [5.41, 5.74) is -0.315. The van der Waals surface area contributed by atoms with Crippen LogP contribution in [0, 0.1) is 0 Å². The SMILES string of the molecule is Cn1c(=O)c2[nH]c(CCC(=O)NCCc3ccco3)nc2n(C)c1=O. The molecule has 0 atom stereocenters. The first-order valence-electron chi connectivity index (χ1n) is 7.91. The number of aryl methyl sites for hydroxylation is 2. The molecule has 0 aliphatic heterocycles. The van der Waals surface area contributed by atoms with E-state index in [1.54, 1.807) is 19.4 Å². The first-order valence-corrected chi connectivity index (χ1v) is 7.91. The number of rotatable bonds is 6. The molecule has 3 aromatic heterocycles. The van der Waals surface area contributed by atoms with Gasteiger partial charge in [-0.2, -0.15) is 0 Å². The smallest absolute Gasteiger partial charge is 0.332 e. The first kappa shape index (κ1) is 16.7. The van der Waals surface area contributed by atoms with Crippen LogP contribution in [0.3, 0.4) is 0 Å². The van der Waals surface area contributed by atoms with Crippen LogP contribution in [0.1, 0.15) is 18.0 Å². The molecule has 0 aromatic carbocycles. The van der Waals surface area contributed by atoms with E-state index in [1.165, 1.54) is 11.6 Å². The molecule has 132 valence electrons. The Kier molecular flexibility index (Phi) is 4.55. The second kappa shape index (κ2) is 6.80. The van der Waals surface area contributed by atoms with Gasteiger partial charge in [-0.3, -0.25) is 18.7 Å². The van der Waals surface area contributed by atoms with Crippen LogP contribution in [0.25, 0.3) is 11.2 Å². The van der Waals surface area contributed by atoms with Crippen LogP contribution in [0.4, 0.5) is 0 Å². The van der Waals surface area contributed by atoms with Crippen molar-refractivity contribution in [3.8, 4) is 0 Å². The molecule has 25 heavy (non-hydrogen) atoms. The molecule has 0 saturated heterocycles. The molecule has 3 rings (SSSR count). The highest BCUT2D eigenvalue weighted by molar-refractivity contribution is 5.76. The predicted octanol–water partition coefficient (Wildman–Crippen LogP) is -0.155. The lowest BCUT2D eigenvalue weighted by molar-refractivity contribution is -0.121. The largest absolute Gasteiger partial charge is 0.469 e. The number of furan rings is 1. The summed E-state index contributed by atoms with van der Waals surface area (Å²) >= 11 is 0.